The number of phenolic OH excluding ortho intramolecular Hbond substituents is 1. The van der Waals surface area contributed by atoms with E-state index in [-0.39, 0.29) is 22.1 Å². The second-order valence-corrected chi connectivity index (χ2v) is 8.29. The molecule has 3 rings (SSSR count). The van der Waals surface area contributed by atoms with Crippen LogP contribution in [0.2, 0.25) is 0 Å². The second-order valence-electron chi connectivity index (χ2n) is 5.72. The van der Waals surface area contributed by atoms with E-state index in [1.807, 2.05) is 0 Å². The number of aromatic hydroxyl groups is 1. The van der Waals surface area contributed by atoms with Crippen molar-refractivity contribution in [2.75, 3.05) is 4.72 Å². The molecule has 0 spiro atoms. The molecule has 0 unspecified atom stereocenters. The molecule has 1 aliphatic carbocycles. The summed E-state index contributed by atoms with van der Waals surface area (Å²) in [4.78, 5) is 10.9. The van der Waals surface area contributed by atoms with Crippen molar-refractivity contribution in [3.05, 3.63) is 51.7 Å². The first-order valence-corrected chi connectivity index (χ1v) is 9.54. The summed E-state index contributed by atoms with van der Waals surface area (Å²) in [7, 11) is -4.19. The maximum Gasteiger partial charge on any atom is 0.338 e. The number of phenols is 1. The minimum absolute atomic E-state index is 0.0694. The van der Waals surface area contributed by atoms with E-state index in [1.54, 1.807) is 0 Å². The topological polar surface area (TPSA) is 104 Å². The smallest absolute Gasteiger partial charge is 0.338 e. The van der Waals surface area contributed by atoms with Crippen LogP contribution in [0.3, 0.4) is 0 Å². The average molecular weight is 430 g/mol. The highest BCUT2D eigenvalue weighted by molar-refractivity contribution is 9.10. The van der Waals surface area contributed by atoms with Gasteiger partial charge >= 0.3 is 5.97 Å². The number of rotatable bonds is 5. The third-order valence-electron chi connectivity index (χ3n) is 3.81. The predicted molar refractivity (Wildman–Crippen MR) is 91.9 cm³/mol. The first kappa shape index (κ1) is 17.7. The summed E-state index contributed by atoms with van der Waals surface area (Å²) in [5.41, 5.74) is -0.489. The summed E-state index contributed by atoms with van der Waals surface area (Å²) in [5.74, 6) is -2.89. The molecule has 9 heteroatoms. The summed E-state index contributed by atoms with van der Waals surface area (Å²) in [6.45, 7) is 0. The maximum atomic E-state index is 14.3. The van der Waals surface area contributed by atoms with E-state index in [2.05, 4.69) is 20.7 Å². The molecule has 0 aromatic heterocycles. The van der Waals surface area contributed by atoms with Crippen molar-refractivity contribution in [1.82, 2.24) is 0 Å². The van der Waals surface area contributed by atoms with E-state index >= 15 is 0 Å². The highest BCUT2D eigenvalue weighted by atomic mass is 79.9. The molecular formula is C16H13BrFNO5S. The van der Waals surface area contributed by atoms with Crippen LogP contribution in [0.25, 0.3) is 0 Å². The highest BCUT2D eigenvalue weighted by Crippen LogP contribution is 2.43. The number of halogens is 2. The number of carbonyl (C=O) groups is 1. The Bertz CT molecular complexity index is 973. The Kier molecular flexibility index (Phi) is 4.46. The van der Waals surface area contributed by atoms with E-state index < -0.39 is 33.1 Å². The van der Waals surface area contributed by atoms with Gasteiger partial charge in [0.05, 0.1) is 11.3 Å². The number of benzene rings is 2. The van der Waals surface area contributed by atoms with E-state index in [0.717, 1.165) is 18.9 Å². The monoisotopic (exact) mass is 429 g/mol. The summed E-state index contributed by atoms with van der Waals surface area (Å²) in [6, 6.07) is 6.12. The normalized spacial score (nSPS) is 14.3. The van der Waals surface area contributed by atoms with Gasteiger partial charge in [-0.1, -0.05) is 15.9 Å². The molecule has 0 bridgehead atoms. The zero-order valence-electron chi connectivity index (χ0n) is 12.7. The van der Waals surface area contributed by atoms with Gasteiger partial charge in [-0.05, 0) is 54.7 Å². The lowest BCUT2D eigenvalue weighted by molar-refractivity contribution is 0.0691. The fourth-order valence-corrected chi connectivity index (χ4v) is 4.14. The summed E-state index contributed by atoms with van der Waals surface area (Å²) >= 11 is 3.12. The van der Waals surface area contributed by atoms with Crippen molar-refractivity contribution >= 4 is 37.6 Å². The molecule has 0 amide bonds. The van der Waals surface area contributed by atoms with Crippen LogP contribution in [0.4, 0.5) is 10.1 Å². The van der Waals surface area contributed by atoms with Crippen molar-refractivity contribution in [2.24, 2.45) is 0 Å². The Balaban J connectivity index is 2.05. The Hall–Kier alpha value is -2.13. The van der Waals surface area contributed by atoms with Gasteiger partial charge in [-0.25, -0.2) is 17.6 Å². The molecule has 1 aliphatic rings. The van der Waals surface area contributed by atoms with E-state index in [1.165, 1.54) is 24.3 Å². The molecule has 0 heterocycles. The number of hydrogen-bond acceptors (Lipinski definition) is 4. The number of anilines is 1. The van der Waals surface area contributed by atoms with Crippen LogP contribution in [-0.4, -0.2) is 24.6 Å². The van der Waals surface area contributed by atoms with Crippen molar-refractivity contribution in [1.29, 1.82) is 0 Å². The van der Waals surface area contributed by atoms with Gasteiger partial charge in [0.25, 0.3) is 10.0 Å². The molecule has 0 saturated heterocycles. The van der Waals surface area contributed by atoms with E-state index in [4.69, 9.17) is 5.11 Å². The highest BCUT2D eigenvalue weighted by Gasteiger charge is 2.30. The van der Waals surface area contributed by atoms with Crippen molar-refractivity contribution in [3.8, 4) is 5.75 Å². The molecule has 6 nitrogen and oxygen atoms in total. The van der Waals surface area contributed by atoms with Crippen LogP contribution < -0.4 is 4.72 Å². The first-order valence-electron chi connectivity index (χ1n) is 7.27. The zero-order chi connectivity index (χ0) is 18.4. The number of sulfonamides is 1. The first-order chi connectivity index (χ1) is 11.7. The number of hydrogen-bond donors (Lipinski definition) is 3. The average Bonchev–Trinajstić information content (AvgIpc) is 3.35. The summed E-state index contributed by atoms with van der Waals surface area (Å²) in [6.07, 6.45) is 1.44. The SMILES string of the molecule is O=C(O)c1cc(NS(=O)(=O)c2cc(Br)ccc2O)cc(C2CC2)c1F. The lowest BCUT2D eigenvalue weighted by Crippen LogP contribution is -2.15. The molecular weight excluding hydrogens is 417 g/mol. The fraction of sp³-hybridized carbons (Fsp3) is 0.188. The lowest BCUT2D eigenvalue weighted by Gasteiger charge is -2.13. The largest absolute Gasteiger partial charge is 0.507 e. The summed E-state index contributed by atoms with van der Waals surface area (Å²) < 4.78 is 41.9. The van der Waals surface area contributed by atoms with Crippen LogP contribution in [0, 0.1) is 5.82 Å². The Morgan fingerprint density at radius 3 is 2.52 bits per heavy atom. The van der Waals surface area contributed by atoms with Gasteiger partial charge in [0.1, 0.15) is 16.5 Å². The molecule has 0 aliphatic heterocycles. The molecule has 1 fully saturated rings. The Morgan fingerprint density at radius 1 is 1.24 bits per heavy atom. The van der Waals surface area contributed by atoms with Crippen LogP contribution >= 0.6 is 15.9 Å². The predicted octanol–water partition coefficient (Wildman–Crippen LogP) is 3.67. The second kappa shape index (κ2) is 6.30. The van der Waals surface area contributed by atoms with Crippen molar-refractivity contribution < 1.29 is 27.8 Å². The van der Waals surface area contributed by atoms with Crippen LogP contribution in [0.5, 0.6) is 5.75 Å². The molecule has 25 heavy (non-hydrogen) atoms. The fourth-order valence-electron chi connectivity index (χ4n) is 2.47. The number of aromatic carboxylic acids is 1. The van der Waals surface area contributed by atoms with Gasteiger partial charge in [-0.15, -0.1) is 0 Å². The molecule has 132 valence electrons. The molecule has 2 aromatic rings. The minimum Gasteiger partial charge on any atom is -0.507 e. The number of carboxylic acids is 1. The van der Waals surface area contributed by atoms with Gasteiger partial charge in [0.15, 0.2) is 0 Å². The molecule has 1 saturated carbocycles. The zero-order valence-corrected chi connectivity index (χ0v) is 15.1. The van der Waals surface area contributed by atoms with Crippen LogP contribution in [0.1, 0.15) is 34.7 Å². The van der Waals surface area contributed by atoms with E-state index in [0.29, 0.717) is 4.47 Å². The molecule has 2 aromatic carbocycles. The summed E-state index contributed by atoms with van der Waals surface area (Å²) in [5, 5.41) is 18.9. The van der Waals surface area contributed by atoms with Gasteiger partial charge < -0.3 is 10.2 Å². The van der Waals surface area contributed by atoms with Gasteiger partial charge in [-0.3, -0.25) is 4.72 Å². The van der Waals surface area contributed by atoms with Gasteiger partial charge in [0, 0.05) is 4.47 Å². The van der Waals surface area contributed by atoms with Crippen molar-refractivity contribution in [3.63, 3.8) is 0 Å². The number of carboxylic acid groups (broad SMARTS) is 1. The van der Waals surface area contributed by atoms with E-state index in [9.17, 15) is 22.7 Å². The lowest BCUT2D eigenvalue weighted by atomic mass is 10.0. The van der Waals surface area contributed by atoms with Crippen LogP contribution in [0.15, 0.2) is 39.7 Å². The Labute approximate surface area is 151 Å². The van der Waals surface area contributed by atoms with Crippen LogP contribution in [-0.2, 0) is 10.0 Å². The quantitative estimate of drug-likeness (QED) is 0.672. The number of nitrogens with one attached hydrogen (secondary N) is 1. The molecule has 3 N–H and O–H groups in total. The minimum atomic E-state index is -4.19. The van der Waals surface area contributed by atoms with Gasteiger partial charge in [-0.2, -0.15) is 0 Å². The molecule has 0 atom stereocenters. The molecule has 0 radical (unpaired) electrons. The Morgan fingerprint density at radius 2 is 1.92 bits per heavy atom. The van der Waals surface area contributed by atoms with Gasteiger partial charge in [0.2, 0.25) is 0 Å². The standard InChI is InChI=1S/C16H13BrFNO5S/c17-9-3-4-13(20)14(5-9)25(23,24)19-10-6-11(8-1-2-8)15(18)12(7-10)16(21)22/h3-8,19-20H,1-2H2,(H,21,22). The maximum absolute atomic E-state index is 14.3. The third kappa shape index (κ3) is 3.62. The third-order valence-corrected chi connectivity index (χ3v) is 5.72. The van der Waals surface area contributed by atoms with Crippen molar-refractivity contribution in [2.45, 2.75) is 23.7 Å².